The van der Waals surface area contributed by atoms with Crippen molar-refractivity contribution in [1.29, 1.82) is 0 Å². The Morgan fingerprint density at radius 1 is 1.23 bits per heavy atom. The quantitative estimate of drug-likeness (QED) is 0.914. The molecule has 1 aromatic heterocycles. The van der Waals surface area contributed by atoms with Gasteiger partial charge in [0.1, 0.15) is 0 Å². The molecule has 1 aliphatic rings. The fourth-order valence-corrected chi connectivity index (χ4v) is 3.93. The lowest BCUT2D eigenvalue weighted by Crippen LogP contribution is -2.27. The fourth-order valence-electron chi connectivity index (χ4n) is 3.05. The van der Waals surface area contributed by atoms with Gasteiger partial charge in [-0.25, -0.2) is 0 Å². The molecular formula is C17H23N3OS. The molecule has 1 saturated heterocycles. The van der Waals surface area contributed by atoms with E-state index in [1.165, 1.54) is 22.5 Å². The molecule has 5 heteroatoms. The highest BCUT2D eigenvalue weighted by Gasteiger charge is 2.16. The molecule has 118 valence electrons. The number of H-pyrrole nitrogens is 1. The first kappa shape index (κ1) is 15.5. The number of aromatic nitrogens is 1. The van der Waals surface area contributed by atoms with E-state index in [1.807, 2.05) is 0 Å². The van der Waals surface area contributed by atoms with Crippen molar-refractivity contribution < 1.29 is 0 Å². The Morgan fingerprint density at radius 2 is 2.09 bits per heavy atom. The summed E-state index contributed by atoms with van der Waals surface area (Å²) in [6.45, 7) is 9.30. The van der Waals surface area contributed by atoms with E-state index in [-0.39, 0.29) is 4.87 Å². The van der Waals surface area contributed by atoms with Crippen LogP contribution in [0.25, 0.3) is 11.3 Å². The number of hydrogen-bond acceptors (Lipinski definition) is 4. The van der Waals surface area contributed by atoms with Gasteiger partial charge in [0.25, 0.3) is 0 Å². The van der Waals surface area contributed by atoms with Crippen molar-refractivity contribution in [3.8, 4) is 11.3 Å². The zero-order valence-corrected chi connectivity index (χ0v) is 14.1. The SMILES string of the molecule is Cc1ccc(-c2[nH]c(=O)sc2CN2CCCNCC2)c(C)c1. The Morgan fingerprint density at radius 3 is 2.91 bits per heavy atom. The van der Waals surface area contributed by atoms with Gasteiger partial charge in [-0.3, -0.25) is 9.69 Å². The van der Waals surface area contributed by atoms with Gasteiger partial charge in [0.05, 0.1) is 5.69 Å². The van der Waals surface area contributed by atoms with Crippen LogP contribution in [0, 0.1) is 13.8 Å². The van der Waals surface area contributed by atoms with Gasteiger partial charge in [0, 0.05) is 30.1 Å². The number of nitrogens with one attached hydrogen (secondary N) is 2. The molecule has 0 aliphatic carbocycles. The van der Waals surface area contributed by atoms with Crippen molar-refractivity contribution in [2.24, 2.45) is 0 Å². The van der Waals surface area contributed by atoms with Gasteiger partial charge >= 0.3 is 4.87 Å². The third-order valence-corrected chi connectivity index (χ3v) is 5.04. The van der Waals surface area contributed by atoms with Crippen LogP contribution in [-0.2, 0) is 6.54 Å². The number of hydrogen-bond donors (Lipinski definition) is 2. The average molecular weight is 317 g/mol. The largest absolute Gasteiger partial charge is 0.315 e. The molecule has 0 amide bonds. The number of thiazole rings is 1. The highest BCUT2D eigenvalue weighted by Crippen LogP contribution is 2.28. The maximum Gasteiger partial charge on any atom is 0.305 e. The monoisotopic (exact) mass is 317 g/mol. The number of rotatable bonds is 3. The van der Waals surface area contributed by atoms with Crippen molar-refractivity contribution in [1.82, 2.24) is 15.2 Å². The number of nitrogens with zero attached hydrogens (tertiary/aromatic N) is 1. The Balaban J connectivity index is 1.90. The highest BCUT2D eigenvalue weighted by atomic mass is 32.1. The summed E-state index contributed by atoms with van der Waals surface area (Å²) in [6, 6.07) is 6.40. The summed E-state index contributed by atoms with van der Waals surface area (Å²) in [6.07, 6.45) is 1.16. The van der Waals surface area contributed by atoms with Gasteiger partial charge in [-0.15, -0.1) is 0 Å². The van der Waals surface area contributed by atoms with E-state index >= 15 is 0 Å². The number of aryl methyl sites for hydroxylation is 2. The molecule has 0 bridgehead atoms. The van der Waals surface area contributed by atoms with E-state index in [0.717, 1.165) is 55.3 Å². The summed E-state index contributed by atoms with van der Waals surface area (Å²) in [4.78, 5) is 18.6. The Bertz CT molecular complexity index is 696. The molecule has 0 spiro atoms. The fraction of sp³-hybridized carbons (Fsp3) is 0.471. The minimum absolute atomic E-state index is 0.0397. The molecule has 2 N–H and O–H groups in total. The van der Waals surface area contributed by atoms with E-state index in [1.54, 1.807) is 0 Å². The summed E-state index contributed by atoms with van der Waals surface area (Å²) in [5.74, 6) is 0. The lowest BCUT2D eigenvalue weighted by molar-refractivity contribution is 0.287. The summed E-state index contributed by atoms with van der Waals surface area (Å²) < 4.78 is 0. The van der Waals surface area contributed by atoms with Crippen LogP contribution >= 0.6 is 11.3 Å². The summed E-state index contributed by atoms with van der Waals surface area (Å²) in [7, 11) is 0. The normalized spacial score (nSPS) is 16.6. The molecule has 0 atom stereocenters. The van der Waals surface area contributed by atoms with Crippen molar-refractivity contribution in [2.75, 3.05) is 26.2 Å². The Labute approximate surface area is 135 Å². The minimum atomic E-state index is 0.0397. The zero-order chi connectivity index (χ0) is 15.5. The van der Waals surface area contributed by atoms with Crippen molar-refractivity contribution >= 4 is 11.3 Å². The van der Waals surface area contributed by atoms with E-state index in [0.29, 0.717) is 0 Å². The van der Waals surface area contributed by atoms with Gasteiger partial charge < -0.3 is 10.3 Å². The third-order valence-electron chi connectivity index (χ3n) is 4.17. The Kier molecular flexibility index (Phi) is 4.76. The number of aromatic amines is 1. The summed E-state index contributed by atoms with van der Waals surface area (Å²) >= 11 is 1.35. The molecule has 4 nitrogen and oxygen atoms in total. The maximum atomic E-state index is 11.9. The molecule has 0 radical (unpaired) electrons. The van der Waals surface area contributed by atoms with E-state index in [9.17, 15) is 4.79 Å². The van der Waals surface area contributed by atoms with Gasteiger partial charge in [-0.05, 0) is 38.9 Å². The van der Waals surface area contributed by atoms with Crippen LogP contribution in [-0.4, -0.2) is 36.1 Å². The van der Waals surface area contributed by atoms with Crippen LogP contribution in [0.1, 0.15) is 22.4 Å². The topological polar surface area (TPSA) is 48.1 Å². The van der Waals surface area contributed by atoms with E-state index in [4.69, 9.17) is 0 Å². The number of benzene rings is 1. The van der Waals surface area contributed by atoms with E-state index < -0.39 is 0 Å². The second-order valence-electron chi connectivity index (χ2n) is 6.01. The molecular weight excluding hydrogens is 294 g/mol. The predicted octanol–water partition coefficient (Wildman–Crippen LogP) is 2.52. The summed E-state index contributed by atoms with van der Waals surface area (Å²) in [5, 5.41) is 3.42. The maximum absolute atomic E-state index is 11.9. The molecule has 2 aromatic rings. The molecule has 1 fully saturated rings. The van der Waals surface area contributed by atoms with Crippen molar-refractivity contribution in [3.63, 3.8) is 0 Å². The first-order valence-electron chi connectivity index (χ1n) is 7.86. The van der Waals surface area contributed by atoms with Crippen LogP contribution in [0.5, 0.6) is 0 Å². The molecule has 2 heterocycles. The molecule has 1 aromatic carbocycles. The van der Waals surface area contributed by atoms with Crippen LogP contribution in [0.4, 0.5) is 0 Å². The predicted molar refractivity (Wildman–Crippen MR) is 92.6 cm³/mol. The molecule has 0 saturated carbocycles. The summed E-state index contributed by atoms with van der Waals surface area (Å²) in [5.41, 5.74) is 4.61. The molecule has 3 rings (SSSR count). The van der Waals surface area contributed by atoms with Crippen molar-refractivity contribution in [2.45, 2.75) is 26.8 Å². The molecule has 1 aliphatic heterocycles. The molecule has 0 unspecified atom stereocenters. The van der Waals surface area contributed by atoms with Crippen molar-refractivity contribution in [3.05, 3.63) is 43.9 Å². The van der Waals surface area contributed by atoms with Gasteiger partial charge in [0.15, 0.2) is 0 Å². The minimum Gasteiger partial charge on any atom is -0.315 e. The lowest BCUT2D eigenvalue weighted by atomic mass is 10.0. The average Bonchev–Trinajstić information content (AvgIpc) is 2.68. The standard InChI is InChI=1S/C17H23N3OS/c1-12-4-5-14(13(2)10-12)16-15(22-17(21)19-16)11-20-8-3-6-18-7-9-20/h4-5,10,18H,3,6-9,11H2,1-2H3,(H,19,21). The third kappa shape index (κ3) is 3.48. The first-order valence-corrected chi connectivity index (χ1v) is 8.68. The van der Waals surface area contributed by atoms with Crippen LogP contribution in [0.3, 0.4) is 0 Å². The molecule has 22 heavy (non-hydrogen) atoms. The van der Waals surface area contributed by atoms with Crippen LogP contribution in [0.15, 0.2) is 23.0 Å². The van der Waals surface area contributed by atoms with Gasteiger partial charge in [-0.2, -0.15) is 0 Å². The lowest BCUT2D eigenvalue weighted by Gasteiger charge is -2.19. The second kappa shape index (κ2) is 6.77. The van der Waals surface area contributed by atoms with Gasteiger partial charge in [0.2, 0.25) is 0 Å². The zero-order valence-electron chi connectivity index (χ0n) is 13.2. The smallest absolute Gasteiger partial charge is 0.305 e. The van der Waals surface area contributed by atoms with Crippen LogP contribution in [0.2, 0.25) is 0 Å². The highest BCUT2D eigenvalue weighted by molar-refractivity contribution is 7.09. The van der Waals surface area contributed by atoms with Gasteiger partial charge in [-0.1, -0.05) is 35.1 Å². The second-order valence-corrected chi connectivity index (χ2v) is 7.08. The van der Waals surface area contributed by atoms with E-state index in [2.05, 4.69) is 47.2 Å². The van der Waals surface area contributed by atoms with Crippen LogP contribution < -0.4 is 10.2 Å². The Hall–Kier alpha value is -1.43. The first-order chi connectivity index (χ1) is 10.6.